The maximum atomic E-state index is 13.4. The summed E-state index contributed by atoms with van der Waals surface area (Å²) in [6, 6.07) is 0. The number of fused-ring (bicyclic) bond motifs is 1. The Balaban J connectivity index is 1.53. The van der Waals surface area contributed by atoms with Crippen molar-refractivity contribution in [2.24, 2.45) is 17.8 Å². The molecule has 0 N–H and O–H groups in total. The molecule has 0 aromatic carbocycles. The van der Waals surface area contributed by atoms with E-state index in [-0.39, 0.29) is 17.8 Å². The summed E-state index contributed by atoms with van der Waals surface area (Å²) < 4.78 is 67.8. The van der Waals surface area contributed by atoms with Crippen LogP contribution < -0.4 is 0 Å². The molecule has 8 nitrogen and oxygen atoms in total. The van der Waals surface area contributed by atoms with Gasteiger partial charge in [-0.3, -0.25) is 8.98 Å². The second-order valence-corrected chi connectivity index (χ2v) is 8.79. The predicted octanol–water partition coefficient (Wildman–Crippen LogP) is 0.845. The number of halogens is 2. The molecule has 4 aliphatic rings. The molecule has 2 saturated carbocycles. The third-order valence-corrected chi connectivity index (χ3v) is 6.47. The highest BCUT2D eigenvalue weighted by atomic mass is 32.2. The number of hydrogen-bond donors (Lipinski definition) is 0. The van der Waals surface area contributed by atoms with Crippen molar-refractivity contribution in [3.05, 3.63) is 0 Å². The van der Waals surface area contributed by atoms with Crippen LogP contribution in [0.4, 0.5) is 8.78 Å². The molecule has 5 atom stereocenters. The molecule has 148 valence electrons. The Bertz CT molecular complexity index is 679. The summed E-state index contributed by atoms with van der Waals surface area (Å²) in [4.78, 5) is 23.9. The molecule has 11 heteroatoms. The van der Waals surface area contributed by atoms with Gasteiger partial charge in [0.15, 0.2) is 0 Å². The van der Waals surface area contributed by atoms with Crippen LogP contribution in [-0.4, -0.2) is 58.1 Å². The SMILES string of the molecule is COS(=O)(=O)C(F)(F)COCC(=O)OC1C2CC3CC(C2)C(=O)OC1C3. The molecular weight excluding hydrogens is 378 g/mol. The fourth-order valence-corrected chi connectivity index (χ4v) is 4.54. The second-order valence-electron chi connectivity index (χ2n) is 6.95. The van der Waals surface area contributed by atoms with Gasteiger partial charge in [0.1, 0.15) is 25.4 Å². The monoisotopic (exact) mass is 398 g/mol. The number of hydrogen-bond acceptors (Lipinski definition) is 8. The lowest BCUT2D eigenvalue weighted by Gasteiger charge is -2.41. The van der Waals surface area contributed by atoms with Gasteiger partial charge < -0.3 is 14.2 Å². The van der Waals surface area contributed by atoms with Gasteiger partial charge in [0.25, 0.3) is 0 Å². The van der Waals surface area contributed by atoms with Crippen LogP contribution in [-0.2, 0) is 38.1 Å². The summed E-state index contributed by atoms with van der Waals surface area (Å²) in [7, 11) is -4.51. The summed E-state index contributed by atoms with van der Waals surface area (Å²) in [5.41, 5.74) is 0. The predicted molar refractivity (Wildman–Crippen MR) is 80.4 cm³/mol. The number of carbonyl (C=O) groups is 2. The normalized spacial score (nSPS) is 33.7. The van der Waals surface area contributed by atoms with Crippen molar-refractivity contribution in [3.63, 3.8) is 0 Å². The third-order valence-electron chi connectivity index (χ3n) is 5.18. The fraction of sp³-hybridized carbons (Fsp3) is 0.867. The minimum Gasteiger partial charge on any atom is -0.458 e. The average Bonchev–Trinajstić information content (AvgIpc) is 2.72. The van der Waals surface area contributed by atoms with E-state index < -0.39 is 46.8 Å². The summed E-state index contributed by atoms with van der Waals surface area (Å²) in [6.07, 6.45) is 1.65. The Morgan fingerprint density at radius 2 is 2.00 bits per heavy atom. The van der Waals surface area contributed by atoms with E-state index in [4.69, 9.17) is 9.47 Å². The molecule has 2 saturated heterocycles. The first-order valence-electron chi connectivity index (χ1n) is 8.28. The van der Waals surface area contributed by atoms with Gasteiger partial charge in [-0.15, -0.1) is 0 Å². The topological polar surface area (TPSA) is 105 Å². The van der Waals surface area contributed by atoms with Gasteiger partial charge in [-0.2, -0.15) is 17.2 Å². The lowest BCUT2D eigenvalue weighted by atomic mass is 9.67. The van der Waals surface area contributed by atoms with Crippen molar-refractivity contribution in [1.29, 1.82) is 0 Å². The first-order chi connectivity index (χ1) is 12.1. The zero-order valence-corrected chi connectivity index (χ0v) is 14.9. The number of alkyl halides is 2. The van der Waals surface area contributed by atoms with Crippen LogP contribution in [0.25, 0.3) is 0 Å². The summed E-state index contributed by atoms with van der Waals surface area (Å²) >= 11 is 0. The molecule has 2 aliphatic heterocycles. The van der Waals surface area contributed by atoms with Gasteiger partial charge in [0.2, 0.25) is 0 Å². The van der Waals surface area contributed by atoms with E-state index in [1.54, 1.807) is 0 Å². The second kappa shape index (κ2) is 7.01. The average molecular weight is 398 g/mol. The molecule has 0 radical (unpaired) electrons. The van der Waals surface area contributed by atoms with Crippen LogP contribution in [0.5, 0.6) is 0 Å². The van der Waals surface area contributed by atoms with Crippen LogP contribution in [0.3, 0.4) is 0 Å². The van der Waals surface area contributed by atoms with Crippen molar-refractivity contribution in [3.8, 4) is 0 Å². The molecule has 5 unspecified atom stereocenters. The lowest BCUT2D eigenvalue weighted by Crippen LogP contribution is -2.46. The summed E-state index contributed by atoms with van der Waals surface area (Å²) in [6.45, 7) is -2.37. The molecule has 2 aliphatic carbocycles. The fourth-order valence-electron chi connectivity index (χ4n) is 4.07. The molecular formula is C15H20F2O8S. The van der Waals surface area contributed by atoms with Crippen molar-refractivity contribution >= 4 is 22.1 Å². The van der Waals surface area contributed by atoms with Gasteiger partial charge in [0.05, 0.1) is 13.0 Å². The molecule has 0 spiro atoms. The summed E-state index contributed by atoms with van der Waals surface area (Å²) in [5, 5.41) is -4.28. The Morgan fingerprint density at radius 3 is 2.69 bits per heavy atom. The maximum Gasteiger partial charge on any atom is 0.392 e. The number of carbonyl (C=O) groups excluding carboxylic acids is 2. The van der Waals surface area contributed by atoms with E-state index in [0.29, 0.717) is 25.9 Å². The smallest absolute Gasteiger partial charge is 0.392 e. The van der Waals surface area contributed by atoms with Crippen molar-refractivity contribution < 1.29 is 45.2 Å². The molecule has 4 rings (SSSR count). The molecule has 26 heavy (non-hydrogen) atoms. The van der Waals surface area contributed by atoms with E-state index in [1.165, 1.54) is 0 Å². The minimum atomic E-state index is -5.12. The van der Waals surface area contributed by atoms with Crippen molar-refractivity contribution in [1.82, 2.24) is 0 Å². The summed E-state index contributed by atoms with van der Waals surface area (Å²) in [5.74, 6) is -1.02. The quantitative estimate of drug-likeness (QED) is 0.459. The Hall–Kier alpha value is -1.33. The number of ether oxygens (including phenoxy) is 3. The molecule has 0 aromatic rings. The lowest BCUT2D eigenvalue weighted by molar-refractivity contribution is -0.177. The van der Waals surface area contributed by atoms with Crippen LogP contribution in [0.1, 0.15) is 25.7 Å². The largest absolute Gasteiger partial charge is 0.458 e. The van der Waals surface area contributed by atoms with E-state index >= 15 is 0 Å². The van der Waals surface area contributed by atoms with Crippen LogP contribution in [0.2, 0.25) is 0 Å². The Labute approximate surface area is 149 Å². The molecule has 4 bridgehead atoms. The minimum absolute atomic E-state index is 0.0109. The highest BCUT2D eigenvalue weighted by Gasteiger charge is 2.52. The Kier molecular flexibility index (Phi) is 5.24. The Morgan fingerprint density at radius 1 is 1.27 bits per heavy atom. The number of rotatable bonds is 7. The van der Waals surface area contributed by atoms with Gasteiger partial charge in [-0.05, 0) is 31.6 Å². The molecule has 0 aromatic heterocycles. The highest BCUT2D eigenvalue weighted by Crippen LogP contribution is 2.48. The van der Waals surface area contributed by atoms with E-state index in [9.17, 15) is 26.8 Å². The van der Waals surface area contributed by atoms with E-state index in [0.717, 1.165) is 12.8 Å². The zero-order chi connectivity index (χ0) is 19.1. The first-order valence-corrected chi connectivity index (χ1v) is 9.69. The van der Waals surface area contributed by atoms with Gasteiger partial charge in [-0.1, -0.05) is 0 Å². The van der Waals surface area contributed by atoms with Gasteiger partial charge in [0, 0.05) is 5.92 Å². The number of esters is 2. The zero-order valence-electron chi connectivity index (χ0n) is 14.1. The van der Waals surface area contributed by atoms with Crippen LogP contribution >= 0.6 is 0 Å². The van der Waals surface area contributed by atoms with Crippen LogP contribution in [0, 0.1) is 17.8 Å². The first kappa shape index (κ1) is 19.4. The van der Waals surface area contributed by atoms with Gasteiger partial charge >= 0.3 is 27.3 Å². The van der Waals surface area contributed by atoms with Crippen molar-refractivity contribution in [2.75, 3.05) is 20.3 Å². The maximum absolute atomic E-state index is 13.4. The van der Waals surface area contributed by atoms with Crippen LogP contribution in [0.15, 0.2) is 0 Å². The van der Waals surface area contributed by atoms with E-state index in [2.05, 4.69) is 8.92 Å². The molecule has 0 amide bonds. The third kappa shape index (κ3) is 3.70. The van der Waals surface area contributed by atoms with E-state index in [1.807, 2.05) is 0 Å². The molecule has 2 heterocycles. The standard InChI is InChI=1S/C15H20F2O8S/c1-22-26(20,21)15(16,17)7-23-6-12(18)25-13-9-2-8-3-10(5-9)14(19)24-11(13)4-8/h8-11,13H,2-7H2,1H3. The molecule has 4 fully saturated rings. The van der Waals surface area contributed by atoms with Crippen molar-refractivity contribution in [2.45, 2.75) is 43.1 Å². The van der Waals surface area contributed by atoms with Gasteiger partial charge in [-0.25, -0.2) is 4.79 Å². The highest BCUT2D eigenvalue weighted by molar-refractivity contribution is 7.87.